The maximum absolute atomic E-state index is 12.6. The summed E-state index contributed by atoms with van der Waals surface area (Å²) in [5, 5.41) is 10.5. The Balaban J connectivity index is 2.10. The van der Waals surface area contributed by atoms with Gasteiger partial charge in [-0.3, -0.25) is 4.79 Å². The zero-order valence-electron chi connectivity index (χ0n) is 16.5. The van der Waals surface area contributed by atoms with Crippen LogP contribution in [0.15, 0.2) is 46.3 Å². The first kappa shape index (κ1) is 21.6. The van der Waals surface area contributed by atoms with Crippen molar-refractivity contribution in [1.29, 1.82) is 5.26 Å². The smallest absolute Gasteiger partial charge is 0.270 e. The van der Waals surface area contributed by atoms with E-state index in [4.69, 9.17) is 25.8 Å². The van der Waals surface area contributed by atoms with Crippen LogP contribution in [0.5, 0.6) is 17.2 Å². The van der Waals surface area contributed by atoms with E-state index >= 15 is 0 Å². The number of ether oxygens (including phenoxy) is 3. The Morgan fingerprint density at radius 2 is 1.83 bits per heavy atom. The van der Waals surface area contributed by atoms with Crippen molar-refractivity contribution >= 4 is 23.4 Å². The van der Waals surface area contributed by atoms with Gasteiger partial charge in [-0.2, -0.15) is 5.26 Å². The van der Waals surface area contributed by atoms with Crippen molar-refractivity contribution < 1.29 is 14.2 Å². The van der Waals surface area contributed by atoms with Crippen LogP contribution in [0.1, 0.15) is 11.1 Å². The molecule has 154 valence electrons. The van der Waals surface area contributed by atoms with E-state index in [1.165, 1.54) is 33.1 Å². The third kappa shape index (κ3) is 4.22. The van der Waals surface area contributed by atoms with Crippen molar-refractivity contribution in [3.63, 3.8) is 0 Å². The van der Waals surface area contributed by atoms with Gasteiger partial charge in [0.25, 0.3) is 5.56 Å². The number of thioether (sulfide) groups is 1. The molecule has 3 rings (SSSR count). The van der Waals surface area contributed by atoms with Crippen LogP contribution in [0.3, 0.4) is 0 Å². The zero-order valence-corrected chi connectivity index (χ0v) is 18.1. The minimum atomic E-state index is -0.541. The number of benzene rings is 2. The fraction of sp³-hybridized carbons (Fsp3) is 0.190. The van der Waals surface area contributed by atoms with Gasteiger partial charge in [-0.25, -0.2) is 4.98 Å². The number of hydrogen-bond donors (Lipinski definition) is 1. The summed E-state index contributed by atoms with van der Waals surface area (Å²) in [6.07, 6.45) is 0. The number of nitrogens with one attached hydrogen (secondary N) is 1. The molecule has 7 nitrogen and oxygen atoms in total. The van der Waals surface area contributed by atoms with Crippen LogP contribution in [0.25, 0.3) is 11.3 Å². The molecule has 0 fully saturated rings. The monoisotopic (exact) mass is 443 g/mol. The molecule has 9 heteroatoms. The molecule has 0 saturated carbocycles. The summed E-state index contributed by atoms with van der Waals surface area (Å²) in [4.78, 5) is 19.7. The van der Waals surface area contributed by atoms with E-state index < -0.39 is 5.56 Å². The number of methoxy groups -OCH3 is 3. The molecule has 0 aliphatic carbocycles. The fourth-order valence-electron chi connectivity index (χ4n) is 2.87. The van der Waals surface area contributed by atoms with E-state index in [1.54, 1.807) is 18.2 Å². The van der Waals surface area contributed by atoms with Crippen LogP contribution in [0.4, 0.5) is 0 Å². The maximum Gasteiger partial charge on any atom is 0.270 e. The molecule has 1 aromatic heterocycles. The molecule has 0 radical (unpaired) electrons. The number of H-pyrrole nitrogens is 1. The molecule has 3 aromatic rings. The molecule has 0 aliphatic heterocycles. The Kier molecular flexibility index (Phi) is 6.87. The lowest BCUT2D eigenvalue weighted by atomic mass is 10.1. The quantitative estimate of drug-likeness (QED) is 0.430. The highest BCUT2D eigenvalue weighted by Crippen LogP contribution is 2.44. The SMILES string of the molecule is COc1ccc(-c2nc(SCc3ccccc3Cl)[nH]c(=O)c2C#N)c(OC)c1OC. The van der Waals surface area contributed by atoms with Crippen molar-refractivity contribution in [2.45, 2.75) is 10.9 Å². The second-order valence-corrected chi connectivity index (χ2v) is 7.34. The third-order valence-corrected chi connectivity index (χ3v) is 5.58. The predicted octanol–water partition coefficient (Wildman–Crippen LogP) is 4.28. The summed E-state index contributed by atoms with van der Waals surface area (Å²) in [6, 6.07) is 12.7. The van der Waals surface area contributed by atoms with E-state index in [0.29, 0.717) is 38.7 Å². The topological polar surface area (TPSA) is 97.2 Å². The molecular formula is C21H18ClN3O4S. The highest BCUT2D eigenvalue weighted by molar-refractivity contribution is 7.98. The lowest BCUT2D eigenvalue weighted by Gasteiger charge is -2.16. The standard InChI is InChI=1S/C21H18ClN3O4S/c1-27-16-9-8-13(18(28-2)19(16)29-3)17-14(10-23)20(26)25-21(24-17)30-11-12-6-4-5-7-15(12)22/h4-9H,11H2,1-3H3,(H,24,25,26). The second kappa shape index (κ2) is 9.57. The molecule has 0 spiro atoms. The molecule has 0 saturated heterocycles. The second-order valence-electron chi connectivity index (χ2n) is 5.97. The van der Waals surface area contributed by atoms with Gasteiger partial charge in [-0.15, -0.1) is 0 Å². The summed E-state index contributed by atoms with van der Waals surface area (Å²) < 4.78 is 16.2. The summed E-state index contributed by atoms with van der Waals surface area (Å²) in [5.74, 6) is 1.61. The van der Waals surface area contributed by atoms with Crippen molar-refractivity contribution in [1.82, 2.24) is 9.97 Å². The van der Waals surface area contributed by atoms with Crippen LogP contribution in [-0.2, 0) is 5.75 Å². The van der Waals surface area contributed by atoms with Crippen molar-refractivity contribution in [3.8, 4) is 34.6 Å². The Labute approximate surface area is 182 Å². The van der Waals surface area contributed by atoms with E-state index in [9.17, 15) is 10.1 Å². The Hall–Kier alpha value is -3.15. The summed E-state index contributed by atoms with van der Waals surface area (Å²) in [7, 11) is 4.45. The van der Waals surface area contributed by atoms with Crippen LogP contribution in [-0.4, -0.2) is 31.3 Å². The van der Waals surface area contributed by atoms with E-state index in [2.05, 4.69) is 9.97 Å². The minimum Gasteiger partial charge on any atom is -0.493 e. The lowest BCUT2D eigenvalue weighted by Crippen LogP contribution is -2.15. The number of rotatable bonds is 7. The zero-order chi connectivity index (χ0) is 21.7. The fourth-order valence-corrected chi connectivity index (χ4v) is 4.02. The largest absolute Gasteiger partial charge is 0.493 e. The van der Waals surface area contributed by atoms with Gasteiger partial charge in [0.15, 0.2) is 16.7 Å². The first-order chi connectivity index (χ1) is 14.5. The predicted molar refractivity (Wildman–Crippen MR) is 116 cm³/mol. The van der Waals surface area contributed by atoms with Crippen LogP contribution >= 0.6 is 23.4 Å². The van der Waals surface area contributed by atoms with Gasteiger partial charge in [0.2, 0.25) is 5.75 Å². The lowest BCUT2D eigenvalue weighted by molar-refractivity contribution is 0.325. The molecule has 0 unspecified atom stereocenters. The molecule has 0 aliphatic rings. The van der Waals surface area contributed by atoms with Gasteiger partial charge in [0.05, 0.1) is 21.3 Å². The van der Waals surface area contributed by atoms with Crippen LogP contribution in [0.2, 0.25) is 5.02 Å². The average Bonchev–Trinajstić information content (AvgIpc) is 2.76. The van der Waals surface area contributed by atoms with Gasteiger partial charge in [0, 0.05) is 16.3 Å². The molecule has 30 heavy (non-hydrogen) atoms. The number of nitriles is 1. The highest BCUT2D eigenvalue weighted by atomic mass is 35.5. The van der Waals surface area contributed by atoms with Gasteiger partial charge in [-0.1, -0.05) is 41.6 Å². The molecular weight excluding hydrogens is 426 g/mol. The summed E-state index contributed by atoms with van der Waals surface area (Å²) >= 11 is 7.51. The molecule has 2 aromatic carbocycles. The Bertz CT molecular complexity index is 1170. The Morgan fingerprint density at radius 1 is 1.10 bits per heavy atom. The molecule has 1 N–H and O–H groups in total. The molecule has 0 amide bonds. The van der Waals surface area contributed by atoms with Crippen LogP contribution in [0, 0.1) is 11.3 Å². The average molecular weight is 444 g/mol. The van der Waals surface area contributed by atoms with Crippen molar-refractivity contribution in [3.05, 3.63) is 62.9 Å². The molecule has 0 bridgehead atoms. The van der Waals surface area contributed by atoms with Gasteiger partial charge < -0.3 is 19.2 Å². The number of hydrogen-bond acceptors (Lipinski definition) is 7. The molecule has 1 heterocycles. The highest BCUT2D eigenvalue weighted by Gasteiger charge is 2.22. The first-order valence-corrected chi connectivity index (χ1v) is 10.1. The number of aromatic nitrogens is 2. The van der Waals surface area contributed by atoms with Crippen LogP contribution < -0.4 is 19.8 Å². The van der Waals surface area contributed by atoms with Crippen molar-refractivity contribution in [2.24, 2.45) is 0 Å². The van der Waals surface area contributed by atoms with E-state index in [-0.39, 0.29) is 11.3 Å². The van der Waals surface area contributed by atoms with E-state index in [0.717, 1.165) is 5.56 Å². The Morgan fingerprint density at radius 3 is 2.47 bits per heavy atom. The maximum atomic E-state index is 12.6. The van der Waals surface area contributed by atoms with Gasteiger partial charge >= 0.3 is 0 Å². The number of halogens is 1. The summed E-state index contributed by atoms with van der Waals surface area (Å²) in [5.41, 5.74) is 0.878. The number of nitrogens with zero attached hydrogens (tertiary/aromatic N) is 2. The molecule has 0 atom stereocenters. The van der Waals surface area contributed by atoms with Crippen molar-refractivity contribution in [2.75, 3.05) is 21.3 Å². The first-order valence-electron chi connectivity index (χ1n) is 8.74. The van der Waals surface area contributed by atoms with Gasteiger partial charge in [-0.05, 0) is 23.8 Å². The minimum absolute atomic E-state index is 0.123. The summed E-state index contributed by atoms with van der Waals surface area (Å²) in [6.45, 7) is 0. The third-order valence-electron chi connectivity index (χ3n) is 4.29. The normalized spacial score (nSPS) is 10.4. The van der Waals surface area contributed by atoms with E-state index in [1.807, 2.05) is 24.3 Å². The number of aromatic amines is 1. The van der Waals surface area contributed by atoms with Gasteiger partial charge in [0.1, 0.15) is 17.3 Å².